The maximum atomic E-state index is 13.1. The van der Waals surface area contributed by atoms with E-state index in [1.807, 2.05) is 0 Å². The van der Waals surface area contributed by atoms with Crippen molar-refractivity contribution in [3.63, 3.8) is 0 Å². The summed E-state index contributed by atoms with van der Waals surface area (Å²) in [5.74, 6) is -0.445. The van der Waals surface area contributed by atoms with Crippen molar-refractivity contribution in [2.75, 3.05) is 30.3 Å². The standard InChI is InChI=1S/C21H26Cl2N6O4S/c1-21(2,3)33-20(32)29-9-8-28(10-12(29)17(25)30)19-26-16(24)15(18(31)27(19)4)34-13-7-5-6-11(22)14(13)23/h5-7,12H,8-10,24H2,1-4H3,(H2,25,30)/t12-/m1/s1. The van der Waals surface area contributed by atoms with Crippen molar-refractivity contribution in [3.05, 3.63) is 38.6 Å². The van der Waals surface area contributed by atoms with Gasteiger partial charge in [0.15, 0.2) is 0 Å². The van der Waals surface area contributed by atoms with E-state index in [9.17, 15) is 14.4 Å². The highest BCUT2D eigenvalue weighted by molar-refractivity contribution is 7.99. The number of anilines is 2. The summed E-state index contributed by atoms with van der Waals surface area (Å²) >= 11 is 13.4. The maximum Gasteiger partial charge on any atom is 0.411 e. The Balaban J connectivity index is 1.89. The smallest absolute Gasteiger partial charge is 0.411 e. The summed E-state index contributed by atoms with van der Waals surface area (Å²) in [6, 6.07) is 4.11. The van der Waals surface area contributed by atoms with Gasteiger partial charge >= 0.3 is 6.09 Å². The van der Waals surface area contributed by atoms with Gasteiger partial charge in [0.05, 0.1) is 16.6 Å². The normalized spacial score (nSPS) is 16.5. The molecule has 10 nitrogen and oxygen atoms in total. The van der Waals surface area contributed by atoms with Crippen LogP contribution in [0.25, 0.3) is 0 Å². The summed E-state index contributed by atoms with van der Waals surface area (Å²) < 4.78 is 6.73. The minimum atomic E-state index is -0.971. The van der Waals surface area contributed by atoms with Crippen molar-refractivity contribution in [2.24, 2.45) is 12.8 Å². The summed E-state index contributed by atoms with van der Waals surface area (Å²) in [6.45, 7) is 5.67. The van der Waals surface area contributed by atoms with Crippen molar-refractivity contribution in [2.45, 2.75) is 42.2 Å². The van der Waals surface area contributed by atoms with Crippen LogP contribution in [0.3, 0.4) is 0 Å². The highest BCUT2D eigenvalue weighted by atomic mass is 35.5. The number of amides is 2. The molecule has 1 aliphatic heterocycles. The van der Waals surface area contributed by atoms with E-state index in [1.165, 1.54) is 9.47 Å². The monoisotopic (exact) mass is 528 g/mol. The molecule has 184 valence electrons. The summed E-state index contributed by atoms with van der Waals surface area (Å²) in [5, 5.41) is 0.661. The number of piperazine rings is 1. The van der Waals surface area contributed by atoms with E-state index < -0.39 is 29.2 Å². The Morgan fingerprint density at radius 2 is 1.91 bits per heavy atom. The molecule has 3 rings (SSSR count). The Kier molecular flexibility index (Phi) is 7.59. The number of aromatic nitrogens is 2. The fraction of sp³-hybridized carbons (Fsp3) is 0.429. The number of nitrogens with two attached hydrogens (primary N) is 2. The van der Waals surface area contributed by atoms with Gasteiger partial charge in [-0.1, -0.05) is 41.0 Å². The Labute approximate surface area is 211 Å². The molecule has 1 aliphatic rings. The average molecular weight is 529 g/mol. The lowest BCUT2D eigenvalue weighted by Gasteiger charge is -2.40. The number of rotatable bonds is 4. The first-order valence-corrected chi connectivity index (χ1v) is 11.9. The number of nitrogens with zero attached hydrogens (tertiary/aromatic N) is 4. The van der Waals surface area contributed by atoms with Crippen LogP contribution in [0, 0.1) is 0 Å². The van der Waals surface area contributed by atoms with Gasteiger partial charge < -0.3 is 21.1 Å². The van der Waals surface area contributed by atoms with E-state index in [4.69, 9.17) is 39.4 Å². The van der Waals surface area contributed by atoms with Crippen LogP contribution in [0.5, 0.6) is 0 Å². The predicted molar refractivity (Wildman–Crippen MR) is 133 cm³/mol. The first kappa shape index (κ1) is 26.0. The topological polar surface area (TPSA) is 137 Å². The van der Waals surface area contributed by atoms with E-state index in [0.717, 1.165) is 11.8 Å². The molecule has 1 aromatic heterocycles. The van der Waals surface area contributed by atoms with Crippen LogP contribution in [-0.4, -0.2) is 57.7 Å². The number of hydrogen-bond acceptors (Lipinski definition) is 8. The quantitative estimate of drug-likeness (QED) is 0.617. The van der Waals surface area contributed by atoms with E-state index in [1.54, 1.807) is 50.9 Å². The molecule has 34 heavy (non-hydrogen) atoms. The number of benzene rings is 1. The molecule has 2 heterocycles. The Morgan fingerprint density at radius 3 is 2.53 bits per heavy atom. The molecule has 0 radical (unpaired) electrons. The number of halogens is 2. The summed E-state index contributed by atoms with van der Waals surface area (Å²) in [7, 11) is 1.55. The number of hydrogen-bond donors (Lipinski definition) is 2. The molecular weight excluding hydrogens is 503 g/mol. The molecule has 0 aliphatic carbocycles. The highest BCUT2D eigenvalue weighted by Gasteiger charge is 2.37. The van der Waals surface area contributed by atoms with E-state index in [0.29, 0.717) is 14.9 Å². The van der Waals surface area contributed by atoms with E-state index >= 15 is 0 Å². The van der Waals surface area contributed by atoms with Crippen LogP contribution in [0.15, 0.2) is 32.8 Å². The second-order valence-corrected chi connectivity index (χ2v) is 10.5. The van der Waals surface area contributed by atoms with Gasteiger partial charge in [0, 0.05) is 25.0 Å². The average Bonchev–Trinajstić information content (AvgIpc) is 2.75. The van der Waals surface area contributed by atoms with Gasteiger partial charge in [0.1, 0.15) is 22.4 Å². The van der Waals surface area contributed by atoms with Crippen molar-refractivity contribution in [1.82, 2.24) is 14.5 Å². The van der Waals surface area contributed by atoms with Crippen LogP contribution < -0.4 is 21.9 Å². The molecule has 0 spiro atoms. The second-order valence-electron chi connectivity index (χ2n) is 8.68. The number of carbonyl (C=O) groups excluding carboxylic acids is 2. The minimum absolute atomic E-state index is 0.00402. The second kappa shape index (κ2) is 9.93. The van der Waals surface area contributed by atoms with Crippen LogP contribution >= 0.6 is 35.0 Å². The van der Waals surface area contributed by atoms with Gasteiger partial charge in [0.25, 0.3) is 5.56 Å². The molecule has 13 heteroatoms. The van der Waals surface area contributed by atoms with Crippen molar-refractivity contribution in [3.8, 4) is 0 Å². The third-order valence-corrected chi connectivity index (χ3v) is 7.08. The largest absolute Gasteiger partial charge is 0.444 e. The highest BCUT2D eigenvalue weighted by Crippen LogP contribution is 2.37. The molecule has 2 amide bonds. The van der Waals surface area contributed by atoms with E-state index in [2.05, 4.69) is 4.98 Å². The van der Waals surface area contributed by atoms with Crippen LogP contribution in [0.1, 0.15) is 20.8 Å². The predicted octanol–water partition coefficient (Wildman–Crippen LogP) is 2.73. The van der Waals surface area contributed by atoms with Gasteiger partial charge in [-0.15, -0.1) is 0 Å². The molecule has 1 fully saturated rings. The zero-order valence-corrected chi connectivity index (χ0v) is 21.5. The molecule has 0 bridgehead atoms. The number of carbonyl (C=O) groups is 2. The Morgan fingerprint density at radius 1 is 1.24 bits per heavy atom. The van der Waals surface area contributed by atoms with Crippen molar-refractivity contribution in [1.29, 1.82) is 0 Å². The molecule has 0 saturated carbocycles. The van der Waals surface area contributed by atoms with Gasteiger partial charge in [-0.05, 0) is 32.9 Å². The molecule has 2 aromatic rings. The third kappa shape index (κ3) is 5.53. The lowest BCUT2D eigenvalue weighted by atomic mass is 10.1. The van der Waals surface area contributed by atoms with Gasteiger partial charge in [0.2, 0.25) is 11.9 Å². The maximum absolute atomic E-state index is 13.1. The minimum Gasteiger partial charge on any atom is -0.444 e. The molecule has 4 N–H and O–H groups in total. The zero-order valence-electron chi connectivity index (χ0n) is 19.2. The lowest BCUT2D eigenvalue weighted by molar-refractivity contribution is -0.123. The van der Waals surface area contributed by atoms with Gasteiger partial charge in [-0.2, -0.15) is 4.98 Å². The zero-order chi connectivity index (χ0) is 25.4. The van der Waals surface area contributed by atoms with Crippen LogP contribution in [0.4, 0.5) is 16.6 Å². The molecular formula is C21H26Cl2N6O4S. The molecule has 0 unspecified atom stereocenters. The number of ether oxygens (including phenoxy) is 1. The summed E-state index contributed by atoms with van der Waals surface area (Å²) in [6.07, 6.45) is -0.637. The first-order chi connectivity index (χ1) is 15.8. The number of nitrogen functional groups attached to an aromatic ring is 1. The van der Waals surface area contributed by atoms with Gasteiger partial charge in [-0.25, -0.2) is 4.79 Å². The SMILES string of the molecule is Cn1c(N2CCN(C(=O)OC(C)(C)C)[C@@H](C(N)=O)C2)nc(N)c(Sc2cccc(Cl)c2Cl)c1=O. The van der Waals surface area contributed by atoms with E-state index in [-0.39, 0.29) is 36.3 Å². The molecule has 1 saturated heterocycles. The first-order valence-electron chi connectivity index (χ1n) is 10.3. The fourth-order valence-corrected chi connectivity index (χ4v) is 4.80. The van der Waals surface area contributed by atoms with Crippen LogP contribution in [-0.2, 0) is 16.6 Å². The number of primary amides is 1. The Bertz CT molecular complexity index is 1180. The molecule has 1 atom stereocenters. The van der Waals surface area contributed by atoms with Crippen LogP contribution in [0.2, 0.25) is 10.0 Å². The Hall–Kier alpha value is -2.63. The van der Waals surface area contributed by atoms with Crippen molar-refractivity contribution >= 4 is 58.7 Å². The summed E-state index contributed by atoms with van der Waals surface area (Å²) in [5.41, 5.74) is 10.6. The fourth-order valence-electron chi connectivity index (χ4n) is 3.38. The lowest BCUT2D eigenvalue weighted by Crippen LogP contribution is -2.61. The summed E-state index contributed by atoms with van der Waals surface area (Å²) in [4.78, 5) is 46.0. The third-order valence-electron chi connectivity index (χ3n) is 5.00. The van der Waals surface area contributed by atoms with Gasteiger partial charge in [-0.3, -0.25) is 19.1 Å². The molecule has 1 aromatic carbocycles. The van der Waals surface area contributed by atoms with Crippen molar-refractivity contribution < 1.29 is 14.3 Å².